The Morgan fingerprint density at radius 2 is 0.846 bits per heavy atom. The molecule has 0 bridgehead atoms. The summed E-state index contributed by atoms with van der Waals surface area (Å²) in [4.78, 5) is 2.66. The maximum atomic E-state index is 2.39. The summed E-state index contributed by atoms with van der Waals surface area (Å²) in [7, 11) is 0. The second kappa shape index (κ2) is 10.4. The first-order chi connectivity index (χ1) is 25.8. The molecule has 12 rings (SSSR count). The molecule has 52 heavy (non-hydrogen) atoms. The molecule has 1 heteroatoms. The van der Waals surface area contributed by atoms with Crippen LogP contribution in [0.15, 0.2) is 192 Å². The van der Waals surface area contributed by atoms with Crippen molar-refractivity contribution in [2.45, 2.75) is 15.2 Å². The second-order valence-corrected chi connectivity index (χ2v) is 15.4. The Balaban J connectivity index is 1.03. The molecule has 0 amide bonds. The van der Waals surface area contributed by atoms with Gasteiger partial charge >= 0.3 is 0 Å². The Morgan fingerprint density at radius 3 is 1.65 bits per heavy atom. The lowest BCUT2D eigenvalue weighted by atomic mass is 9.61. The molecule has 3 aliphatic rings. The first kappa shape index (κ1) is 28.5. The first-order valence-corrected chi connectivity index (χ1v) is 18.9. The smallest absolute Gasteiger partial charge is 0.0725 e. The third-order valence-electron chi connectivity index (χ3n) is 11.9. The van der Waals surface area contributed by atoms with Crippen molar-refractivity contribution in [2.75, 3.05) is 0 Å². The lowest BCUT2D eigenvalue weighted by Crippen LogP contribution is -2.31. The lowest BCUT2D eigenvalue weighted by Gasteiger charge is -2.40. The monoisotopic (exact) mass is 674 g/mol. The highest BCUT2D eigenvalue weighted by Gasteiger charge is 2.50. The van der Waals surface area contributed by atoms with Crippen LogP contribution in [0.2, 0.25) is 0 Å². The molecule has 0 nitrogen and oxygen atoms in total. The van der Waals surface area contributed by atoms with Crippen LogP contribution in [0, 0.1) is 0 Å². The molecular formula is C51H30S. The van der Waals surface area contributed by atoms with Crippen molar-refractivity contribution in [3.63, 3.8) is 0 Å². The quantitative estimate of drug-likeness (QED) is 0.176. The van der Waals surface area contributed by atoms with Crippen LogP contribution >= 0.6 is 11.8 Å². The lowest BCUT2D eigenvalue weighted by molar-refractivity contribution is 0.773. The van der Waals surface area contributed by atoms with Crippen molar-refractivity contribution in [3.05, 3.63) is 204 Å². The van der Waals surface area contributed by atoms with E-state index in [0.29, 0.717) is 0 Å². The predicted octanol–water partition coefficient (Wildman–Crippen LogP) is 13.8. The summed E-state index contributed by atoms with van der Waals surface area (Å²) in [5.74, 6) is 0. The molecule has 1 atom stereocenters. The minimum absolute atomic E-state index is 0.408. The molecule has 0 saturated heterocycles. The van der Waals surface area contributed by atoms with Crippen molar-refractivity contribution >= 4 is 33.3 Å². The Hall–Kier alpha value is -6.15. The minimum atomic E-state index is -0.408. The Labute approximate surface area is 307 Å². The standard InChI is InChI=1S/C51H30S/c1-3-19-42-37(14-1)38-17-5-10-33-12-7-21-44(48(33)38)51(42)43-20-4-2-15-40(43)50-36(16-9-22-45(50)51)32-26-24-31(25-27-32)35-28-29-46-41(30-35)39-18-6-11-34-13-8-23-47(52-46)49(34)39/h1-30H. The fourth-order valence-electron chi connectivity index (χ4n) is 9.80. The second-order valence-electron chi connectivity index (χ2n) is 14.3. The van der Waals surface area contributed by atoms with Gasteiger partial charge in [-0.25, -0.2) is 0 Å². The van der Waals surface area contributed by atoms with Gasteiger partial charge in [-0.05, 0) is 112 Å². The van der Waals surface area contributed by atoms with E-state index in [1.165, 1.54) is 109 Å². The van der Waals surface area contributed by atoms with Crippen molar-refractivity contribution in [3.8, 4) is 55.6 Å². The molecule has 9 aromatic carbocycles. The van der Waals surface area contributed by atoms with Gasteiger partial charge in [-0.2, -0.15) is 0 Å². The van der Waals surface area contributed by atoms with Crippen LogP contribution in [0.25, 0.3) is 77.2 Å². The predicted molar refractivity (Wildman–Crippen MR) is 218 cm³/mol. The van der Waals surface area contributed by atoms with Gasteiger partial charge in [0.15, 0.2) is 0 Å². The van der Waals surface area contributed by atoms with Gasteiger partial charge in [0.2, 0.25) is 0 Å². The Kier molecular flexibility index (Phi) is 5.73. The van der Waals surface area contributed by atoms with Gasteiger partial charge in [0, 0.05) is 15.2 Å². The van der Waals surface area contributed by atoms with E-state index in [1.807, 2.05) is 11.8 Å². The molecule has 0 saturated carbocycles. The number of rotatable bonds is 2. The van der Waals surface area contributed by atoms with Gasteiger partial charge in [-0.15, -0.1) is 0 Å². The number of fused-ring (bicyclic) bond motifs is 11. The average molecular weight is 675 g/mol. The largest absolute Gasteiger partial charge is 0.0888 e. The van der Waals surface area contributed by atoms with Gasteiger partial charge in [-0.1, -0.05) is 176 Å². The minimum Gasteiger partial charge on any atom is -0.0888 e. The average Bonchev–Trinajstić information content (AvgIpc) is 3.51. The van der Waals surface area contributed by atoms with E-state index < -0.39 is 5.41 Å². The zero-order valence-corrected chi connectivity index (χ0v) is 29.0. The molecule has 0 fully saturated rings. The third-order valence-corrected chi connectivity index (χ3v) is 13.0. The number of hydrogen-bond acceptors (Lipinski definition) is 1. The molecule has 240 valence electrons. The molecule has 0 N–H and O–H groups in total. The topological polar surface area (TPSA) is 0 Å². The molecule has 0 radical (unpaired) electrons. The molecule has 2 aliphatic carbocycles. The van der Waals surface area contributed by atoms with Crippen molar-refractivity contribution in [1.29, 1.82) is 0 Å². The van der Waals surface area contributed by atoms with Crippen LogP contribution in [0.1, 0.15) is 22.3 Å². The summed E-state index contributed by atoms with van der Waals surface area (Å²) in [6.45, 7) is 0. The van der Waals surface area contributed by atoms with E-state index in [0.717, 1.165) is 0 Å². The van der Waals surface area contributed by atoms with Crippen LogP contribution in [0.5, 0.6) is 0 Å². The SMILES string of the molecule is c1ccc2c(c1)-c1c(-c3ccc(-c4ccc5c(c4)-c4cccc6cccc(c46)S5)cc3)cccc1C21c2ccccc2-c2cccc3cccc1c23. The Bertz CT molecular complexity index is 2970. The van der Waals surface area contributed by atoms with Gasteiger partial charge in [0.25, 0.3) is 0 Å². The maximum absolute atomic E-state index is 2.39. The molecule has 9 aromatic rings. The highest BCUT2D eigenvalue weighted by molar-refractivity contribution is 7.99. The van der Waals surface area contributed by atoms with E-state index in [4.69, 9.17) is 0 Å². The van der Waals surface area contributed by atoms with Crippen LogP contribution in [0.3, 0.4) is 0 Å². The number of hydrogen-bond donors (Lipinski definition) is 0. The third kappa shape index (κ3) is 3.63. The molecule has 0 aromatic heterocycles. The molecule has 1 spiro atoms. The van der Waals surface area contributed by atoms with E-state index >= 15 is 0 Å². The van der Waals surface area contributed by atoms with Crippen molar-refractivity contribution in [2.24, 2.45) is 0 Å². The first-order valence-electron chi connectivity index (χ1n) is 18.1. The normalized spacial score (nSPS) is 15.7. The van der Waals surface area contributed by atoms with Crippen LogP contribution in [-0.4, -0.2) is 0 Å². The van der Waals surface area contributed by atoms with Crippen LogP contribution in [-0.2, 0) is 5.41 Å². The van der Waals surface area contributed by atoms with Gasteiger partial charge < -0.3 is 0 Å². The number of benzene rings is 9. The van der Waals surface area contributed by atoms with Gasteiger partial charge in [0.05, 0.1) is 5.41 Å². The highest BCUT2D eigenvalue weighted by atomic mass is 32.2. The molecular weight excluding hydrogens is 645 g/mol. The van der Waals surface area contributed by atoms with E-state index in [9.17, 15) is 0 Å². The molecule has 1 aliphatic heterocycles. The van der Waals surface area contributed by atoms with E-state index in [2.05, 4.69) is 182 Å². The van der Waals surface area contributed by atoms with Crippen LogP contribution in [0.4, 0.5) is 0 Å². The van der Waals surface area contributed by atoms with E-state index in [-0.39, 0.29) is 0 Å². The fourth-order valence-corrected chi connectivity index (χ4v) is 10.9. The zero-order chi connectivity index (χ0) is 34.0. The van der Waals surface area contributed by atoms with Crippen molar-refractivity contribution < 1.29 is 0 Å². The molecule has 1 unspecified atom stereocenters. The summed E-state index contributed by atoms with van der Waals surface area (Å²) in [5, 5.41) is 5.33. The summed E-state index contributed by atoms with van der Waals surface area (Å²) in [6, 6.07) is 68.5. The van der Waals surface area contributed by atoms with Crippen LogP contribution < -0.4 is 0 Å². The maximum Gasteiger partial charge on any atom is 0.0725 e. The van der Waals surface area contributed by atoms with Crippen molar-refractivity contribution in [1.82, 2.24) is 0 Å². The highest BCUT2D eigenvalue weighted by Crippen LogP contribution is 2.63. The summed E-state index contributed by atoms with van der Waals surface area (Å²) >= 11 is 1.88. The van der Waals surface area contributed by atoms with Gasteiger partial charge in [0.1, 0.15) is 0 Å². The fraction of sp³-hybridized carbons (Fsp3) is 0.0196. The summed E-state index contributed by atoms with van der Waals surface area (Å²) in [6.07, 6.45) is 0. The zero-order valence-electron chi connectivity index (χ0n) is 28.2. The summed E-state index contributed by atoms with van der Waals surface area (Å²) < 4.78 is 0. The molecule has 1 heterocycles. The van der Waals surface area contributed by atoms with Gasteiger partial charge in [-0.3, -0.25) is 0 Å². The summed E-state index contributed by atoms with van der Waals surface area (Å²) in [5.41, 5.74) is 18.0. The Morgan fingerprint density at radius 1 is 0.308 bits per heavy atom. The van der Waals surface area contributed by atoms with E-state index in [1.54, 1.807) is 0 Å².